The lowest BCUT2D eigenvalue weighted by Gasteiger charge is -2.14. The number of nitrogens with one attached hydrogen (secondary N) is 1. The number of carboxylic acids is 1. The van der Waals surface area contributed by atoms with Crippen molar-refractivity contribution in [3.05, 3.63) is 47.8 Å². The second kappa shape index (κ2) is 6.21. The number of anilines is 1. The second-order valence-electron chi connectivity index (χ2n) is 4.66. The van der Waals surface area contributed by atoms with Gasteiger partial charge in [0.1, 0.15) is 6.04 Å². The minimum absolute atomic E-state index is 0.0800. The molecule has 2 aromatic rings. The van der Waals surface area contributed by atoms with E-state index in [0.717, 1.165) is 17.7 Å². The van der Waals surface area contributed by atoms with Crippen LogP contribution in [0.2, 0.25) is 0 Å². The molecule has 6 heteroatoms. The first-order valence-corrected chi connectivity index (χ1v) is 6.70. The van der Waals surface area contributed by atoms with Crippen molar-refractivity contribution in [3.8, 4) is 0 Å². The quantitative estimate of drug-likeness (QED) is 0.884. The molecule has 2 N–H and O–H groups in total. The van der Waals surface area contributed by atoms with E-state index in [1.807, 2.05) is 31.2 Å². The first kappa shape index (κ1) is 14.8. The van der Waals surface area contributed by atoms with E-state index >= 15 is 0 Å². The molecule has 21 heavy (non-hydrogen) atoms. The van der Waals surface area contributed by atoms with Gasteiger partial charge in [-0.05, 0) is 31.0 Å². The third-order valence-corrected chi connectivity index (χ3v) is 3.26. The van der Waals surface area contributed by atoms with Crippen LogP contribution in [0.3, 0.4) is 0 Å². The van der Waals surface area contributed by atoms with E-state index in [0.29, 0.717) is 0 Å². The average Bonchev–Trinajstić information content (AvgIpc) is 2.97. The first-order valence-electron chi connectivity index (χ1n) is 6.70. The maximum absolute atomic E-state index is 12.2. The molecule has 1 aromatic heterocycles. The Hall–Kier alpha value is -2.63. The normalized spacial score (nSPS) is 11.9. The fraction of sp³-hybridized carbons (Fsp3) is 0.267. The summed E-state index contributed by atoms with van der Waals surface area (Å²) in [6.45, 7) is 3.68. The summed E-state index contributed by atoms with van der Waals surface area (Å²) in [6.07, 6.45) is 2.30. The van der Waals surface area contributed by atoms with Gasteiger partial charge in [0.05, 0.1) is 0 Å². The number of aryl methyl sites for hydroxylation is 1. The van der Waals surface area contributed by atoms with Gasteiger partial charge < -0.3 is 10.4 Å². The van der Waals surface area contributed by atoms with E-state index in [4.69, 9.17) is 5.11 Å². The van der Waals surface area contributed by atoms with Crippen molar-refractivity contribution in [1.82, 2.24) is 9.78 Å². The van der Waals surface area contributed by atoms with Crippen molar-refractivity contribution >= 4 is 17.6 Å². The molecule has 0 fully saturated rings. The number of aromatic carboxylic acids is 1. The summed E-state index contributed by atoms with van der Waals surface area (Å²) in [5.74, 6) is -1.35. The van der Waals surface area contributed by atoms with Gasteiger partial charge in [-0.1, -0.05) is 25.1 Å². The molecule has 0 aliphatic carbocycles. The lowest BCUT2D eigenvalue weighted by atomic mass is 10.1. The maximum Gasteiger partial charge on any atom is 0.356 e. The molecule has 0 aliphatic heterocycles. The molecule has 6 nitrogen and oxygen atoms in total. The van der Waals surface area contributed by atoms with Crippen LogP contribution >= 0.6 is 0 Å². The zero-order valence-electron chi connectivity index (χ0n) is 11.9. The monoisotopic (exact) mass is 287 g/mol. The van der Waals surface area contributed by atoms with E-state index in [1.165, 1.54) is 16.9 Å². The van der Waals surface area contributed by atoms with Crippen molar-refractivity contribution < 1.29 is 14.7 Å². The van der Waals surface area contributed by atoms with Gasteiger partial charge in [0.25, 0.3) is 0 Å². The molecule has 0 bridgehead atoms. The summed E-state index contributed by atoms with van der Waals surface area (Å²) < 4.78 is 1.34. The van der Waals surface area contributed by atoms with Gasteiger partial charge in [0.2, 0.25) is 5.91 Å². The Morgan fingerprint density at radius 1 is 1.33 bits per heavy atom. The summed E-state index contributed by atoms with van der Waals surface area (Å²) in [4.78, 5) is 23.0. The third-order valence-electron chi connectivity index (χ3n) is 3.26. The van der Waals surface area contributed by atoms with Crippen LogP contribution in [0.4, 0.5) is 5.69 Å². The summed E-state index contributed by atoms with van der Waals surface area (Å²) in [5.41, 5.74) is 1.73. The van der Waals surface area contributed by atoms with E-state index in [9.17, 15) is 9.59 Å². The molecule has 0 aliphatic rings. The van der Waals surface area contributed by atoms with E-state index in [1.54, 1.807) is 6.92 Å². The Kier molecular flexibility index (Phi) is 4.37. The highest BCUT2D eigenvalue weighted by Crippen LogP contribution is 2.17. The predicted molar refractivity (Wildman–Crippen MR) is 78.3 cm³/mol. The van der Waals surface area contributed by atoms with E-state index in [-0.39, 0.29) is 11.6 Å². The van der Waals surface area contributed by atoms with Crippen LogP contribution in [0.1, 0.15) is 35.9 Å². The second-order valence-corrected chi connectivity index (χ2v) is 4.66. The molecule has 1 heterocycles. The standard InChI is InChI=1S/C15H17N3O3/c1-3-11-6-4-5-7-12(11)16-14(19)10(2)18-9-8-13(17-18)15(20)21/h4-10H,3H2,1-2H3,(H,16,19)(H,20,21). The Balaban J connectivity index is 2.13. The van der Waals surface area contributed by atoms with Gasteiger partial charge in [-0.2, -0.15) is 5.10 Å². The topological polar surface area (TPSA) is 84.2 Å². The van der Waals surface area contributed by atoms with Crippen LogP contribution in [0, 0.1) is 0 Å². The molecular weight excluding hydrogens is 270 g/mol. The molecule has 1 atom stereocenters. The fourth-order valence-electron chi connectivity index (χ4n) is 1.98. The van der Waals surface area contributed by atoms with Gasteiger partial charge >= 0.3 is 5.97 Å². The lowest BCUT2D eigenvalue weighted by molar-refractivity contribution is -0.119. The molecule has 2 rings (SSSR count). The minimum Gasteiger partial charge on any atom is -0.476 e. The number of nitrogens with zero attached hydrogens (tertiary/aromatic N) is 2. The zero-order valence-corrected chi connectivity index (χ0v) is 11.9. The van der Waals surface area contributed by atoms with Gasteiger partial charge in [-0.3, -0.25) is 9.48 Å². The third kappa shape index (κ3) is 3.28. The highest BCUT2D eigenvalue weighted by atomic mass is 16.4. The van der Waals surface area contributed by atoms with Crippen LogP contribution in [-0.4, -0.2) is 26.8 Å². The number of carbonyl (C=O) groups excluding carboxylic acids is 1. The predicted octanol–water partition coefficient (Wildman–Crippen LogP) is 2.34. The minimum atomic E-state index is -1.11. The lowest BCUT2D eigenvalue weighted by Crippen LogP contribution is -2.24. The summed E-state index contributed by atoms with van der Waals surface area (Å²) in [5, 5.41) is 15.6. The molecule has 0 saturated carbocycles. The number of hydrogen-bond acceptors (Lipinski definition) is 3. The average molecular weight is 287 g/mol. The molecule has 1 unspecified atom stereocenters. The van der Waals surface area contributed by atoms with E-state index in [2.05, 4.69) is 10.4 Å². The molecule has 1 aromatic carbocycles. The smallest absolute Gasteiger partial charge is 0.356 e. The summed E-state index contributed by atoms with van der Waals surface area (Å²) in [7, 11) is 0. The number of para-hydroxylation sites is 1. The maximum atomic E-state index is 12.2. The fourth-order valence-corrected chi connectivity index (χ4v) is 1.98. The van der Waals surface area contributed by atoms with Gasteiger partial charge in [-0.15, -0.1) is 0 Å². The zero-order chi connectivity index (χ0) is 15.4. The number of benzene rings is 1. The van der Waals surface area contributed by atoms with Crippen LogP contribution in [0.5, 0.6) is 0 Å². The number of carbonyl (C=O) groups is 2. The molecular formula is C15H17N3O3. The van der Waals surface area contributed by atoms with Crippen molar-refractivity contribution in [1.29, 1.82) is 0 Å². The van der Waals surface area contributed by atoms with Gasteiger partial charge in [0, 0.05) is 11.9 Å². The van der Waals surface area contributed by atoms with Crippen molar-refractivity contribution in [3.63, 3.8) is 0 Å². The highest BCUT2D eigenvalue weighted by Gasteiger charge is 2.18. The largest absolute Gasteiger partial charge is 0.476 e. The number of carboxylic acid groups (broad SMARTS) is 1. The first-order chi connectivity index (χ1) is 10.0. The Bertz CT molecular complexity index is 664. The molecule has 1 amide bonds. The SMILES string of the molecule is CCc1ccccc1NC(=O)C(C)n1ccc(C(=O)O)n1. The van der Waals surface area contributed by atoms with Crippen molar-refractivity contribution in [2.45, 2.75) is 26.3 Å². The number of rotatable bonds is 5. The number of aromatic nitrogens is 2. The van der Waals surface area contributed by atoms with Crippen LogP contribution in [0.25, 0.3) is 0 Å². The molecule has 0 spiro atoms. The van der Waals surface area contributed by atoms with Crippen LogP contribution < -0.4 is 5.32 Å². The number of amides is 1. The highest BCUT2D eigenvalue weighted by molar-refractivity contribution is 5.94. The van der Waals surface area contributed by atoms with Gasteiger partial charge in [0.15, 0.2) is 5.69 Å². The molecule has 110 valence electrons. The summed E-state index contributed by atoms with van der Waals surface area (Å²) >= 11 is 0. The van der Waals surface area contributed by atoms with Crippen molar-refractivity contribution in [2.24, 2.45) is 0 Å². The molecule has 0 saturated heterocycles. The molecule has 0 radical (unpaired) electrons. The Labute approximate surface area is 122 Å². The summed E-state index contributed by atoms with van der Waals surface area (Å²) in [6, 6.07) is 8.35. The van der Waals surface area contributed by atoms with E-state index < -0.39 is 12.0 Å². The van der Waals surface area contributed by atoms with Gasteiger partial charge in [-0.25, -0.2) is 4.79 Å². The van der Waals surface area contributed by atoms with Crippen molar-refractivity contribution in [2.75, 3.05) is 5.32 Å². The Morgan fingerprint density at radius 2 is 2.05 bits per heavy atom. The Morgan fingerprint density at radius 3 is 2.67 bits per heavy atom. The van der Waals surface area contributed by atoms with Crippen LogP contribution in [-0.2, 0) is 11.2 Å². The van der Waals surface area contributed by atoms with Crippen LogP contribution in [0.15, 0.2) is 36.5 Å². The number of hydrogen-bond donors (Lipinski definition) is 2.